The van der Waals surface area contributed by atoms with Crippen LogP contribution >= 0.6 is 0 Å². The third-order valence-corrected chi connectivity index (χ3v) is 4.81. The van der Waals surface area contributed by atoms with Gasteiger partial charge in [0, 0.05) is 13.5 Å². The van der Waals surface area contributed by atoms with E-state index in [0.717, 1.165) is 44.9 Å². The van der Waals surface area contributed by atoms with E-state index in [2.05, 4.69) is 23.8 Å². The average Bonchev–Trinajstić information content (AvgIpc) is 2.69. The minimum absolute atomic E-state index is 0.101. The molecule has 0 aliphatic rings. The second kappa shape index (κ2) is 18.1. The van der Waals surface area contributed by atoms with Gasteiger partial charge < -0.3 is 9.47 Å². The fourth-order valence-corrected chi connectivity index (χ4v) is 2.76. The van der Waals surface area contributed by atoms with Gasteiger partial charge in [0.15, 0.2) is 5.79 Å². The van der Waals surface area contributed by atoms with Gasteiger partial charge in [0.05, 0.1) is 13.2 Å². The maximum absolute atomic E-state index is 11.0. The Morgan fingerprint density at radius 1 is 0.893 bits per heavy atom. The molecule has 1 atom stereocenters. The summed E-state index contributed by atoms with van der Waals surface area (Å²) in [4.78, 5) is 22.1. The number of allylic oxidation sites excluding steroid dienone is 2. The van der Waals surface area contributed by atoms with Gasteiger partial charge in [-0.25, -0.2) is 9.78 Å². The molecule has 0 N–H and O–H groups in total. The van der Waals surface area contributed by atoms with E-state index in [1.54, 1.807) is 7.11 Å². The van der Waals surface area contributed by atoms with Crippen molar-refractivity contribution in [2.24, 2.45) is 0 Å². The summed E-state index contributed by atoms with van der Waals surface area (Å²) in [6.45, 7) is 5.92. The van der Waals surface area contributed by atoms with Crippen molar-refractivity contribution in [3.8, 4) is 0 Å². The van der Waals surface area contributed by atoms with Crippen molar-refractivity contribution in [1.29, 1.82) is 0 Å². The van der Waals surface area contributed by atoms with E-state index >= 15 is 0 Å². The number of ether oxygens (including phenoxy) is 2. The fourth-order valence-electron chi connectivity index (χ4n) is 2.76. The van der Waals surface area contributed by atoms with Crippen molar-refractivity contribution in [1.82, 2.24) is 0 Å². The highest BCUT2D eigenvalue weighted by Crippen LogP contribution is 2.18. The molecule has 0 aliphatic carbocycles. The smallest absolute Gasteiger partial charge is 0.305 e. The van der Waals surface area contributed by atoms with E-state index in [1.165, 1.54) is 39.2 Å². The van der Waals surface area contributed by atoms with Gasteiger partial charge in [0.25, 0.3) is 0 Å². The Morgan fingerprint density at radius 3 is 2.25 bits per heavy atom. The number of rotatable bonds is 19. The van der Waals surface area contributed by atoms with Crippen LogP contribution in [0, 0.1) is 0 Å². The molecular weight excluding hydrogens is 356 g/mol. The third-order valence-electron chi connectivity index (χ3n) is 4.81. The molecular formula is C23H44O5. The number of methoxy groups -OCH3 is 2. The van der Waals surface area contributed by atoms with Crippen molar-refractivity contribution < 1.29 is 24.0 Å². The minimum atomic E-state index is -0.713. The van der Waals surface area contributed by atoms with Crippen LogP contribution in [0.2, 0.25) is 0 Å². The van der Waals surface area contributed by atoms with E-state index in [1.807, 2.05) is 13.8 Å². The first kappa shape index (κ1) is 27.1. The van der Waals surface area contributed by atoms with Crippen LogP contribution in [0.25, 0.3) is 0 Å². The van der Waals surface area contributed by atoms with Gasteiger partial charge in [0.2, 0.25) is 0 Å². The lowest BCUT2D eigenvalue weighted by atomic mass is 10.1. The van der Waals surface area contributed by atoms with Crippen LogP contribution in [0.5, 0.6) is 0 Å². The van der Waals surface area contributed by atoms with Crippen LogP contribution in [0.4, 0.5) is 0 Å². The van der Waals surface area contributed by atoms with Crippen molar-refractivity contribution in [3.63, 3.8) is 0 Å². The summed E-state index contributed by atoms with van der Waals surface area (Å²) in [5, 5.41) is 0. The summed E-state index contributed by atoms with van der Waals surface area (Å²) in [6.07, 6.45) is 18.5. The van der Waals surface area contributed by atoms with Crippen molar-refractivity contribution in [2.75, 3.05) is 14.2 Å². The Morgan fingerprint density at radius 2 is 1.57 bits per heavy atom. The van der Waals surface area contributed by atoms with Crippen LogP contribution in [-0.2, 0) is 24.0 Å². The number of carbonyl (C=O) groups excluding carboxylic acids is 1. The molecule has 0 heterocycles. The third kappa shape index (κ3) is 17.2. The normalized spacial score (nSPS) is 13.2. The Hall–Kier alpha value is -0.910. The minimum Gasteiger partial charge on any atom is -0.469 e. The SMILES string of the molecule is CCCCC[C@@H](CC/C=C\CCCCCCCC(=O)OC)OOC(C)(C)OC. The zero-order chi connectivity index (χ0) is 21.1. The van der Waals surface area contributed by atoms with Crippen molar-refractivity contribution >= 4 is 5.97 Å². The quantitative estimate of drug-likeness (QED) is 0.0618. The van der Waals surface area contributed by atoms with E-state index in [-0.39, 0.29) is 12.1 Å². The van der Waals surface area contributed by atoms with Crippen LogP contribution < -0.4 is 0 Å². The van der Waals surface area contributed by atoms with Gasteiger partial charge in [-0.3, -0.25) is 4.79 Å². The first-order valence-corrected chi connectivity index (χ1v) is 11.1. The zero-order valence-electron chi connectivity index (χ0n) is 19.0. The summed E-state index contributed by atoms with van der Waals surface area (Å²) in [5.41, 5.74) is 0. The van der Waals surface area contributed by atoms with Crippen LogP contribution in [0.3, 0.4) is 0 Å². The molecule has 0 fully saturated rings. The van der Waals surface area contributed by atoms with Crippen molar-refractivity contribution in [2.45, 2.75) is 116 Å². The maximum Gasteiger partial charge on any atom is 0.305 e. The fraction of sp³-hybridized carbons (Fsp3) is 0.870. The van der Waals surface area contributed by atoms with E-state index in [9.17, 15) is 4.79 Å². The molecule has 0 aromatic heterocycles. The molecule has 0 unspecified atom stereocenters. The monoisotopic (exact) mass is 400 g/mol. The Labute approximate surface area is 173 Å². The van der Waals surface area contributed by atoms with E-state index in [0.29, 0.717) is 6.42 Å². The number of carbonyl (C=O) groups is 1. The highest BCUT2D eigenvalue weighted by molar-refractivity contribution is 5.68. The molecule has 5 nitrogen and oxygen atoms in total. The average molecular weight is 401 g/mol. The molecule has 28 heavy (non-hydrogen) atoms. The zero-order valence-corrected chi connectivity index (χ0v) is 19.0. The van der Waals surface area contributed by atoms with E-state index < -0.39 is 5.79 Å². The molecule has 0 amide bonds. The van der Waals surface area contributed by atoms with Gasteiger partial charge >= 0.3 is 5.97 Å². The summed E-state index contributed by atoms with van der Waals surface area (Å²) >= 11 is 0. The number of hydrogen-bond acceptors (Lipinski definition) is 5. The molecule has 0 aromatic rings. The molecule has 0 rings (SSSR count). The number of esters is 1. The van der Waals surface area contributed by atoms with Gasteiger partial charge in [-0.1, -0.05) is 57.6 Å². The Bertz CT molecular complexity index is 392. The van der Waals surface area contributed by atoms with Gasteiger partial charge in [-0.15, -0.1) is 0 Å². The van der Waals surface area contributed by atoms with E-state index in [4.69, 9.17) is 14.5 Å². The summed E-state index contributed by atoms with van der Waals surface area (Å²) in [6, 6.07) is 0. The second-order valence-electron chi connectivity index (χ2n) is 7.83. The van der Waals surface area contributed by atoms with Crippen LogP contribution in [0.1, 0.15) is 104 Å². The molecule has 0 bridgehead atoms. The molecule has 0 saturated heterocycles. The molecule has 166 valence electrons. The largest absolute Gasteiger partial charge is 0.469 e. The van der Waals surface area contributed by atoms with Crippen LogP contribution in [0.15, 0.2) is 12.2 Å². The molecule has 0 spiro atoms. The molecule has 0 radical (unpaired) electrons. The highest BCUT2D eigenvalue weighted by atomic mass is 17.2. The highest BCUT2D eigenvalue weighted by Gasteiger charge is 2.21. The lowest BCUT2D eigenvalue weighted by molar-refractivity contribution is -0.431. The number of unbranched alkanes of at least 4 members (excludes halogenated alkanes) is 7. The lowest BCUT2D eigenvalue weighted by Gasteiger charge is -2.25. The Kier molecular flexibility index (Phi) is 17.6. The summed E-state index contributed by atoms with van der Waals surface area (Å²) in [7, 11) is 3.07. The predicted molar refractivity (Wildman–Crippen MR) is 114 cm³/mol. The molecule has 5 heteroatoms. The first-order chi connectivity index (χ1) is 13.4. The molecule has 0 aliphatic heterocycles. The lowest BCUT2D eigenvalue weighted by Crippen LogP contribution is -2.29. The number of hydrogen-bond donors (Lipinski definition) is 0. The predicted octanol–water partition coefficient (Wildman–Crippen LogP) is 6.51. The van der Waals surface area contributed by atoms with Gasteiger partial charge in [-0.2, -0.15) is 0 Å². The van der Waals surface area contributed by atoms with Crippen LogP contribution in [-0.4, -0.2) is 32.1 Å². The van der Waals surface area contributed by atoms with Crippen molar-refractivity contribution in [3.05, 3.63) is 12.2 Å². The molecule has 0 saturated carbocycles. The second-order valence-corrected chi connectivity index (χ2v) is 7.83. The topological polar surface area (TPSA) is 54.0 Å². The standard InChI is InChI=1S/C23H44O5/c1-6-7-15-18-21(27-28-23(2,3)26-5)19-16-13-11-9-8-10-12-14-17-20-22(24)25-4/h11,13,21H,6-10,12,14-20H2,1-5H3/b13-11-/t21-/m0/s1. The van der Waals surface area contributed by atoms with Gasteiger partial charge in [-0.05, 0) is 52.4 Å². The van der Waals surface area contributed by atoms with Gasteiger partial charge in [0.1, 0.15) is 0 Å². The Balaban J connectivity index is 3.84. The summed E-state index contributed by atoms with van der Waals surface area (Å²) < 4.78 is 9.90. The summed E-state index contributed by atoms with van der Waals surface area (Å²) in [5.74, 6) is -0.813. The first-order valence-electron chi connectivity index (χ1n) is 11.1. The maximum atomic E-state index is 11.0. The molecule has 0 aromatic carbocycles.